The Morgan fingerprint density at radius 3 is 2.38 bits per heavy atom. The Bertz CT molecular complexity index is 1260. The van der Waals surface area contributed by atoms with Crippen LogP contribution in [0.4, 0.5) is 16.2 Å². The molecule has 1 saturated carbocycles. The standard InChI is InChI=1S/C24H29ClFN5O2S/c1-31(2)23-19-5-3-4-6-22(19)29-24(30-23)27-14-16-7-9-17(10-8-16)15-28-34(32,33)18-11-12-21(26)20(25)13-18/h3-6,11-13,16-17,28H,7-10,14-15H2,1-2H3,(H,27,29,30). The normalized spacial score (nSPS) is 18.7. The molecule has 0 radical (unpaired) electrons. The Kier molecular flexibility index (Phi) is 7.54. The molecule has 34 heavy (non-hydrogen) atoms. The summed E-state index contributed by atoms with van der Waals surface area (Å²) < 4.78 is 41.0. The summed E-state index contributed by atoms with van der Waals surface area (Å²) in [5.74, 6) is 1.60. The van der Waals surface area contributed by atoms with Crippen LogP contribution in [0, 0.1) is 17.7 Å². The SMILES string of the molecule is CN(C)c1nc(NCC2CCC(CNS(=O)(=O)c3ccc(F)c(Cl)c3)CC2)nc2ccccc12. The predicted octanol–water partition coefficient (Wildman–Crippen LogP) is 4.69. The van der Waals surface area contributed by atoms with Crippen LogP contribution in [0.2, 0.25) is 5.02 Å². The van der Waals surface area contributed by atoms with Crippen LogP contribution in [0.25, 0.3) is 10.9 Å². The zero-order chi connectivity index (χ0) is 24.3. The molecule has 1 fully saturated rings. The highest BCUT2D eigenvalue weighted by atomic mass is 35.5. The van der Waals surface area contributed by atoms with Crippen LogP contribution < -0.4 is 14.9 Å². The van der Waals surface area contributed by atoms with E-state index in [4.69, 9.17) is 16.6 Å². The van der Waals surface area contributed by atoms with Crippen molar-refractivity contribution in [2.75, 3.05) is 37.4 Å². The number of sulfonamides is 1. The first-order chi connectivity index (χ1) is 16.2. The van der Waals surface area contributed by atoms with Gasteiger partial charge in [-0.25, -0.2) is 22.5 Å². The average Bonchev–Trinajstić information content (AvgIpc) is 2.83. The van der Waals surface area contributed by atoms with Gasteiger partial charge in [-0.1, -0.05) is 23.7 Å². The highest BCUT2D eigenvalue weighted by Gasteiger charge is 2.24. The fourth-order valence-electron chi connectivity index (χ4n) is 4.31. The number of rotatable bonds is 8. The van der Waals surface area contributed by atoms with Gasteiger partial charge in [0.25, 0.3) is 0 Å². The highest BCUT2D eigenvalue weighted by Crippen LogP contribution is 2.30. The quantitative estimate of drug-likeness (QED) is 0.462. The molecular weight excluding hydrogens is 477 g/mol. The topological polar surface area (TPSA) is 87.2 Å². The monoisotopic (exact) mass is 505 g/mol. The summed E-state index contributed by atoms with van der Waals surface area (Å²) in [5, 5.41) is 4.21. The van der Waals surface area contributed by atoms with Gasteiger partial charge in [-0.3, -0.25) is 0 Å². The van der Waals surface area contributed by atoms with Gasteiger partial charge in [0.05, 0.1) is 15.4 Å². The van der Waals surface area contributed by atoms with Crippen LogP contribution in [0.5, 0.6) is 0 Å². The Morgan fingerprint density at radius 2 is 1.71 bits per heavy atom. The molecule has 0 atom stereocenters. The summed E-state index contributed by atoms with van der Waals surface area (Å²) in [6.07, 6.45) is 3.85. The molecule has 0 unspecified atom stereocenters. The minimum absolute atomic E-state index is 0.0238. The van der Waals surface area contributed by atoms with Gasteiger partial charge in [0, 0.05) is 32.6 Å². The smallest absolute Gasteiger partial charge is 0.240 e. The lowest BCUT2D eigenvalue weighted by molar-refractivity contribution is 0.284. The van der Waals surface area contributed by atoms with E-state index in [2.05, 4.69) is 15.0 Å². The summed E-state index contributed by atoms with van der Waals surface area (Å²) in [4.78, 5) is 11.3. The van der Waals surface area contributed by atoms with Crippen molar-refractivity contribution in [1.82, 2.24) is 14.7 Å². The Balaban J connectivity index is 1.29. The molecule has 1 heterocycles. The van der Waals surface area contributed by atoms with Crippen LogP contribution in [0.3, 0.4) is 0 Å². The number of hydrogen-bond donors (Lipinski definition) is 2. The Morgan fingerprint density at radius 1 is 1.03 bits per heavy atom. The maximum absolute atomic E-state index is 13.3. The van der Waals surface area contributed by atoms with E-state index >= 15 is 0 Å². The zero-order valence-corrected chi connectivity index (χ0v) is 20.8. The molecular formula is C24H29ClFN5O2S. The van der Waals surface area contributed by atoms with Crippen LogP contribution in [-0.2, 0) is 10.0 Å². The van der Waals surface area contributed by atoms with Crippen LogP contribution >= 0.6 is 11.6 Å². The van der Waals surface area contributed by atoms with E-state index in [1.807, 2.05) is 43.3 Å². The lowest BCUT2D eigenvalue weighted by Crippen LogP contribution is -2.32. The maximum Gasteiger partial charge on any atom is 0.240 e. The lowest BCUT2D eigenvalue weighted by Gasteiger charge is -2.28. The molecule has 4 rings (SSSR count). The lowest BCUT2D eigenvalue weighted by atomic mass is 9.82. The van der Waals surface area contributed by atoms with Gasteiger partial charge < -0.3 is 10.2 Å². The summed E-state index contributed by atoms with van der Waals surface area (Å²) in [7, 11) is 0.220. The fourth-order valence-corrected chi connectivity index (χ4v) is 5.70. The van der Waals surface area contributed by atoms with Gasteiger partial charge in [0.15, 0.2) is 0 Å². The molecule has 1 aliphatic carbocycles. The van der Waals surface area contributed by atoms with Crippen LogP contribution in [-0.4, -0.2) is 45.6 Å². The van der Waals surface area contributed by atoms with Crippen molar-refractivity contribution in [1.29, 1.82) is 0 Å². The summed E-state index contributed by atoms with van der Waals surface area (Å²) in [6.45, 7) is 1.13. The number of nitrogens with zero attached hydrogens (tertiary/aromatic N) is 3. The Labute approximate surface area is 204 Å². The van der Waals surface area contributed by atoms with E-state index in [-0.39, 0.29) is 15.8 Å². The number of hydrogen-bond acceptors (Lipinski definition) is 6. The van der Waals surface area contributed by atoms with Crippen molar-refractivity contribution in [3.8, 4) is 0 Å². The van der Waals surface area contributed by atoms with E-state index in [9.17, 15) is 12.8 Å². The predicted molar refractivity (Wildman–Crippen MR) is 134 cm³/mol. The number of aromatic nitrogens is 2. The molecule has 10 heteroatoms. The second-order valence-electron chi connectivity index (χ2n) is 8.98. The van der Waals surface area contributed by atoms with Crippen molar-refractivity contribution < 1.29 is 12.8 Å². The molecule has 2 N–H and O–H groups in total. The van der Waals surface area contributed by atoms with Gasteiger partial charge in [-0.05, 0) is 67.9 Å². The van der Waals surface area contributed by atoms with Crippen molar-refractivity contribution in [3.63, 3.8) is 0 Å². The number of halogens is 2. The molecule has 1 aromatic heterocycles. The zero-order valence-electron chi connectivity index (χ0n) is 19.3. The molecule has 1 aliphatic rings. The number of nitrogens with one attached hydrogen (secondary N) is 2. The molecule has 0 saturated heterocycles. The molecule has 3 aromatic rings. The second-order valence-corrected chi connectivity index (χ2v) is 11.2. The number of fused-ring (bicyclic) bond motifs is 1. The van der Waals surface area contributed by atoms with Gasteiger partial charge >= 0.3 is 0 Å². The van der Waals surface area contributed by atoms with E-state index in [1.165, 1.54) is 6.07 Å². The van der Waals surface area contributed by atoms with E-state index in [0.717, 1.165) is 61.1 Å². The minimum atomic E-state index is -3.72. The average molecular weight is 506 g/mol. The molecule has 2 aromatic carbocycles. The van der Waals surface area contributed by atoms with E-state index < -0.39 is 15.8 Å². The molecule has 0 amide bonds. The third kappa shape index (κ3) is 5.76. The number of benzene rings is 2. The third-order valence-electron chi connectivity index (χ3n) is 6.29. The van der Waals surface area contributed by atoms with E-state index in [1.54, 1.807) is 0 Å². The first-order valence-corrected chi connectivity index (χ1v) is 13.2. The van der Waals surface area contributed by atoms with Crippen LogP contribution in [0.15, 0.2) is 47.4 Å². The summed E-state index contributed by atoms with van der Waals surface area (Å²) in [6, 6.07) is 11.4. The van der Waals surface area contributed by atoms with Crippen molar-refractivity contribution in [2.45, 2.75) is 30.6 Å². The minimum Gasteiger partial charge on any atom is -0.362 e. The number of para-hydroxylation sites is 1. The fraction of sp³-hybridized carbons (Fsp3) is 0.417. The molecule has 7 nitrogen and oxygen atoms in total. The van der Waals surface area contributed by atoms with Crippen LogP contribution in [0.1, 0.15) is 25.7 Å². The molecule has 0 spiro atoms. The van der Waals surface area contributed by atoms with Crippen molar-refractivity contribution in [2.24, 2.45) is 11.8 Å². The summed E-state index contributed by atoms with van der Waals surface area (Å²) >= 11 is 5.73. The van der Waals surface area contributed by atoms with Crippen molar-refractivity contribution >= 4 is 44.3 Å². The van der Waals surface area contributed by atoms with Gasteiger partial charge in [0.2, 0.25) is 16.0 Å². The van der Waals surface area contributed by atoms with E-state index in [0.29, 0.717) is 18.4 Å². The summed E-state index contributed by atoms with van der Waals surface area (Å²) in [5.41, 5.74) is 0.905. The molecule has 0 bridgehead atoms. The molecule has 0 aliphatic heterocycles. The van der Waals surface area contributed by atoms with Gasteiger partial charge in [0.1, 0.15) is 11.6 Å². The Hall–Kier alpha value is -2.49. The highest BCUT2D eigenvalue weighted by molar-refractivity contribution is 7.89. The first-order valence-electron chi connectivity index (χ1n) is 11.4. The molecule has 182 valence electrons. The third-order valence-corrected chi connectivity index (χ3v) is 8.00. The number of anilines is 2. The maximum atomic E-state index is 13.3. The largest absolute Gasteiger partial charge is 0.362 e. The second kappa shape index (κ2) is 10.4. The van der Waals surface area contributed by atoms with Gasteiger partial charge in [-0.2, -0.15) is 4.98 Å². The van der Waals surface area contributed by atoms with Gasteiger partial charge in [-0.15, -0.1) is 0 Å². The van der Waals surface area contributed by atoms with Crippen molar-refractivity contribution in [3.05, 3.63) is 53.3 Å². The first kappa shape index (κ1) is 24.6.